The molecule has 0 saturated heterocycles. The Morgan fingerprint density at radius 3 is 2.85 bits per heavy atom. The summed E-state index contributed by atoms with van der Waals surface area (Å²) >= 11 is 7.34. The normalized spacial score (nSPS) is 12.7. The van der Waals surface area contributed by atoms with Crippen LogP contribution < -0.4 is 15.4 Å². The van der Waals surface area contributed by atoms with Crippen molar-refractivity contribution >= 4 is 61.9 Å². The lowest BCUT2D eigenvalue weighted by molar-refractivity contribution is -0.114. The number of carbonyl (C=O) groups excluding carboxylic acids is 2. The Hall–Kier alpha value is -2.90. The van der Waals surface area contributed by atoms with Gasteiger partial charge in [-0.3, -0.25) is 14.9 Å². The van der Waals surface area contributed by atoms with Gasteiger partial charge in [0.05, 0.1) is 15.8 Å². The van der Waals surface area contributed by atoms with Crippen LogP contribution in [-0.4, -0.2) is 23.4 Å². The van der Waals surface area contributed by atoms with E-state index in [9.17, 15) is 9.59 Å². The third-order valence-corrected chi connectivity index (χ3v) is 5.07. The molecule has 0 unspecified atom stereocenters. The number of halogens is 1. The Bertz CT molecular complexity index is 1110. The number of rotatable bonds is 3. The molecule has 1 aromatic heterocycles. The molecule has 0 bridgehead atoms. The smallest absolute Gasteiger partial charge is 0.256 e. The first-order chi connectivity index (χ1) is 13.0. The zero-order chi connectivity index (χ0) is 19.0. The van der Waals surface area contributed by atoms with Gasteiger partial charge in [0.1, 0.15) is 12.4 Å². The molecular weight excluding hydrogens is 386 g/mol. The third-order valence-electron chi connectivity index (χ3n) is 3.91. The topological polar surface area (TPSA) is 80.3 Å². The number of nitrogens with one attached hydrogen (secondary N) is 2. The molecule has 4 rings (SSSR count). The number of anilines is 2. The van der Waals surface area contributed by atoms with Crippen LogP contribution in [0.2, 0.25) is 5.02 Å². The molecule has 0 spiro atoms. The predicted molar refractivity (Wildman–Crippen MR) is 107 cm³/mol. The van der Waals surface area contributed by atoms with E-state index in [1.165, 1.54) is 18.3 Å². The first-order valence-electron chi connectivity index (χ1n) is 8.10. The highest BCUT2D eigenvalue weighted by Gasteiger charge is 2.19. The number of aromatic nitrogens is 1. The van der Waals surface area contributed by atoms with Crippen LogP contribution in [0.15, 0.2) is 42.0 Å². The molecule has 2 heterocycles. The van der Waals surface area contributed by atoms with Gasteiger partial charge in [-0.2, -0.15) is 0 Å². The predicted octanol–water partition coefficient (Wildman–Crippen LogP) is 4.32. The molecule has 0 aliphatic carbocycles. The van der Waals surface area contributed by atoms with Crippen LogP contribution in [0.4, 0.5) is 10.8 Å². The number of amides is 2. The molecule has 2 amide bonds. The van der Waals surface area contributed by atoms with E-state index in [0.717, 1.165) is 15.8 Å². The summed E-state index contributed by atoms with van der Waals surface area (Å²) in [5.41, 5.74) is 2.69. The number of hydrogen-bond donors (Lipinski definition) is 2. The summed E-state index contributed by atoms with van der Waals surface area (Å²) in [4.78, 5) is 28.2. The number of thiazole rings is 1. The van der Waals surface area contributed by atoms with Crippen LogP contribution >= 0.6 is 22.9 Å². The highest BCUT2D eigenvalue weighted by molar-refractivity contribution is 7.22. The molecule has 0 saturated carbocycles. The maximum absolute atomic E-state index is 12.6. The van der Waals surface area contributed by atoms with Crippen LogP contribution in [0.5, 0.6) is 5.75 Å². The van der Waals surface area contributed by atoms with Crippen molar-refractivity contribution in [3.63, 3.8) is 0 Å². The minimum Gasteiger partial charge on any atom is -0.488 e. The Kier molecular flexibility index (Phi) is 4.55. The molecule has 1 aliphatic rings. The molecule has 0 atom stereocenters. The van der Waals surface area contributed by atoms with Gasteiger partial charge < -0.3 is 10.1 Å². The minimum atomic E-state index is -0.276. The van der Waals surface area contributed by atoms with Crippen molar-refractivity contribution < 1.29 is 14.3 Å². The largest absolute Gasteiger partial charge is 0.488 e. The fraction of sp³-hybridized carbons (Fsp3) is 0.105. The molecule has 3 aromatic rings. The van der Waals surface area contributed by atoms with E-state index in [4.69, 9.17) is 16.3 Å². The summed E-state index contributed by atoms with van der Waals surface area (Å²) in [6.45, 7) is 1.63. The molecule has 0 radical (unpaired) electrons. The van der Waals surface area contributed by atoms with Crippen molar-refractivity contribution in [2.45, 2.75) is 6.92 Å². The Morgan fingerprint density at radius 1 is 1.19 bits per heavy atom. The molecule has 136 valence electrons. The molecular formula is C19H14ClN3O3S. The molecule has 2 aromatic carbocycles. The third kappa shape index (κ3) is 3.79. The monoisotopic (exact) mass is 399 g/mol. The van der Waals surface area contributed by atoms with Gasteiger partial charge in [0.15, 0.2) is 5.13 Å². The number of benzene rings is 2. The van der Waals surface area contributed by atoms with Gasteiger partial charge >= 0.3 is 0 Å². The van der Waals surface area contributed by atoms with Gasteiger partial charge in [-0.1, -0.05) is 22.9 Å². The quantitative estimate of drug-likeness (QED) is 0.687. The van der Waals surface area contributed by atoms with Crippen molar-refractivity contribution in [3.05, 3.63) is 52.6 Å². The number of carbonyl (C=O) groups is 2. The summed E-state index contributed by atoms with van der Waals surface area (Å²) in [7, 11) is 0. The summed E-state index contributed by atoms with van der Waals surface area (Å²) < 4.78 is 6.48. The van der Waals surface area contributed by atoms with Gasteiger partial charge in [0, 0.05) is 23.2 Å². The number of ether oxygens (including phenoxy) is 1. The molecule has 8 heteroatoms. The lowest BCUT2D eigenvalue weighted by Gasteiger charge is -2.17. The van der Waals surface area contributed by atoms with Gasteiger partial charge in [-0.25, -0.2) is 4.98 Å². The van der Waals surface area contributed by atoms with E-state index < -0.39 is 0 Å². The van der Waals surface area contributed by atoms with Crippen molar-refractivity contribution in [2.24, 2.45) is 0 Å². The van der Waals surface area contributed by atoms with Crippen LogP contribution in [0, 0.1) is 0 Å². The van der Waals surface area contributed by atoms with Gasteiger partial charge in [0.2, 0.25) is 5.91 Å². The van der Waals surface area contributed by atoms with Crippen molar-refractivity contribution in [2.75, 3.05) is 17.2 Å². The second-order valence-electron chi connectivity index (χ2n) is 5.98. The van der Waals surface area contributed by atoms with E-state index in [1.807, 2.05) is 6.07 Å². The van der Waals surface area contributed by atoms with Gasteiger partial charge in [-0.05, 0) is 42.5 Å². The highest BCUT2D eigenvalue weighted by atomic mass is 35.5. The van der Waals surface area contributed by atoms with E-state index in [2.05, 4.69) is 15.6 Å². The van der Waals surface area contributed by atoms with Crippen LogP contribution in [0.3, 0.4) is 0 Å². The number of nitrogens with zero attached hydrogens (tertiary/aromatic N) is 1. The van der Waals surface area contributed by atoms with Crippen molar-refractivity contribution in [1.82, 2.24) is 4.98 Å². The Balaban J connectivity index is 1.55. The zero-order valence-electron chi connectivity index (χ0n) is 14.2. The van der Waals surface area contributed by atoms with Gasteiger partial charge in [0.25, 0.3) is 5.91 Å². The summed E-state index contributed by atoms with van der Waals surface area (Å²) in [5.74, 6) is 0.278. The maximum atomic E-state index is 12.6. The second-order valence-corrected chi connectivity index (χ2v) is 7.44. The standard InChI is InChI=1S/C19H14ClN3O3S/c1-10(24)21-14-3-4-15-17(8-14)27-19(22-15)23-18(25)12-6-11-7-13(20)2-5-16(11)26-9-12/h2-8H,9H2,1H3,(H,21,24)(H,22,23,25). The highest BCUT2D eigenvalue weighted by Crippen LogP contribution is 2.31. The van der Waals surface area contributed by atoms with Crippen LogP contribution in [-0.2, 0) is 9.59 Å². The molecule has 2 N–H and O–H groups in total. The fourth-order valence-electron chi connectivity index (χ4n) is 2.72. The zero-order valence-corrected chi connectivity index (χ0v) is 15.8. The van der Waals surface area contributed by atoms with E-state index >= 15 is 0 Å². The van der Waals surface area contributed by atoms with Crippen LogP contribution in [0.25, 0.3) is 16.3 Å². The lowest BCUT2D eigenvalue weighted by Crippen LogP contribution is -2.21. The summed E-state index contributed by atoms with van der Waals surface area (Å²) in [5, 5.41) is 6.59. The van der Waals surface area contributed by atoms with E-state index in [-0.39, 0.29) is 18.4 Å². The van der Waals surface area contributed by atoms with Crippen molar-refractivity contribution in [3.8, 4) is 5.75 Å². The molecule has 0 fully saturated rings. The SMILES string of the molecule is CC(=O)Nc1ccc2nc(NC(=O)C3=Cc4cc(Cl)ccc4OC3)sc2c1. The minimum absolute atomic E-state index is 0.142. The Morgan fingerprint density at radius 2 is 2.04 bits per heavy atom. The first-order valence-corrected chi connectivity index (χ1v) is 9.30. The van der Waals surface area contributed by atoms with Crippen molar-refractivity contribution in [1.29, 1.82) is 0 Å². The Labute approximate surface area is 163 Å². The maximum Gasteiger partial charge on any atom is 0.256 e. The van der Waals surface area contributed by atoms with Gasteiger partial charge in [-0.15, -0.1) is 0 Å². The molecule has 6 nitrogen and oxygen atoms in total. The van der Waals surface area contributed by atoms with E-state index in [0.29, 0.717) is 27.2 Å². The average molecular weight is 400 g/mol. The van der Waals surface area contributed by atoms with Crippen LogP contribution in [0.1, 0.15) is 12.5 Å². The van der Waals surface area contributed by atoms with E-state index in [1.54, 1.807) is 36.4 Å². The number of hydrogen-bond acceptors (Lipinski definition) is 5. The molecule has 1 aliphatic heterocycles. The summed E-state index contributed by atoms with van der Waals surface area (Å²) in [6, 6.07) is 10.7. The second kappa shape index (κ2) is 7.02. The number of fused-ring (bicyclic) bond motifs is 2. The lowest BCUT2D eigenvalue weighted by atomic mass is 10.1. The average Bonchev–Trinajstić information content (AvgIpc) is 3.02. The molecule has 27 heavy (non-hydrogen) atoms. The fourth-order valence-corrected chi connectivity index (χ4v) is 3.80. The summed E-state index contributed by atoms with van der Waals surface area (Å²) in [6.07, 6.45) is 1.77. The first kappa shape index (κ1) is 17.5.